The minimum atomic E-state index is -0.255. The Hall–Kier alpha value is -3.90. The lowest BCUT2D eigenvalue weighted by Crippen LogP contribution is -2.39. The molecule has 0 saturated heterocycles. The summed E-state index contributed by atoms with van der Waals surface area (Å²) in [6, 6.07) is 23.9. The summed E-state index contributed by atoms with van der Waals surface area (Å²) >= 11 is 6.11. The predicted molar refractivity (Wildman–Crippen MR) is 157 cm³/mol. The van der Waals surface area contributed by atoms with Crippen molar-refractivity contribution in [2.45, 2.75) is 45.2 Å². The number of rotatable bonds is 7. The number of carbonyl (C=O) groups is 1. The second kappa shape index (κ2) is 10.9. The van der Waals surface area contributed by atoms with Gasteiger partial charge in [-0.3, -0.25) is 0 Å². The van der Waals surface area contributed by atoms with Crippen LogP contribution in [0.5, 0.6) is 0 Å². The van der Waals surface area contributed by atoms with Crippen molar-refractivity contribution in [3.63, 3.8) is 0 Å². The van der Waals surface area contributed by atoms with E-state index in [0.717, 1.165) is 48.2 Å². The highest BCUT2D eigenvalue weighted by molar-refractivity contribution is 6.30. The van der Waals surface area contributed by atoms with E-state index in [-0.39, 0.29) is 23.3 Å². The Labute approximate surface area is 239 Å². The maximum absolute atomic E-state index is 13.5. The molecule has 0 spiro atoms. The fourth-order valence-electron chi connectivity index (χ4n) is 6.39. The van der Waals surface area contributed by atoms with E-state index in [0.29, 0.717) is 17.5 Å². The fraction of sp³-hybridized carbons (Fsp3) is 0.273. The second-order valence-corrected chi connectivity index (χ2v) is 11.5. The molecule has 3 aromatic carbocycles. The molecule has 7 heteroatoms. The van der Waals surface area contributed by atoms with Gasteiger partial charge in [0.05, 0.1) is 23.6 Å². The van der Waals surface area contributed by atoms with Crippen molar-refractivity contribution in [2.75, 3.05) is 0 Å². The number of fused-ring (bicyclic) bond motifs is 2. The predicted octanol–water partition coefficient (Wildman–Crippen LogP) is 7.65. The standard InChI is InChI=1S/C33H32ClFN4O/c1-33-19-24-21-37-39(29-14-12-28(35)13-15-29)31(24)18-26(33)11-10-25(33)17-30(23-7-3-2-4-8-23)38-32(40)36-20-22-6-5-9-27(34)16-22/h2-9,12-16,18,21,25,30H,10-11,17,19-20H2,1H3,(H2,36,38,40). The first-order valence-electron chi connectivity index (χ1n) is 13.8. The molecular formula is C33H32ClFN4O. The molecule has 1 heterocycles. The van der Waals surface area contributed by atoms with Crippen LogP contribution in [0.15, 0.2) is 90.6 Å². The van der Waals surface area contributed by atoms with E-state index in [1.807, 2.05) is 53.3 Å². The minimum absolute atomic E-state index is 0.0182. The molecule has 4 aromatic rings. The smallest absolute Gasteiger partial charge is 0.315 e. The Kier molecular flexibility index (Phi) is 7.20. The number of hydrogen-bond acceptors (Lipinski definition) is 2. The topological polar surface area (TPSA) is 59.0 Å². The molecule has 5 nitrogen and oxygen atoms in total. The van der Waals surface area contributed by atoms with Gasteiger partial charge in [0.1, 0.15) is 5.82 Å². The monoisotopic (exact) mass is 554 g/mol. The van der Waals surface area contributed by atoms with Crippen molar-refractivity contribution in [2.24, 2.45) is 11.3 Å². The van der Waals surface area contributed by atoms with E-state index in [2.05, 4.69) is 40.9 Å². The Morgan fingerprint density at radius 3 is 2.70 bits per heavy atom. The van der Waals surface area contributed by atoms with Gasteiger partial charge >= 0.3 is 6.03 Å². The van der Waals surface area contributed by atoms with Gasteiger partial charge in [0.15, 0.2) is 0 Å². The second-order valence-electron chi connectivity index (χ2n) is 11.1. The van der Waals surface area contributed by atoms with E-state index < -0.39 is 0 Å². The Morgan fingerprint density at radius 1 is 1.12 bits per heavy atom. The maximum Gasteiger partial charge on any atom is 0.315 e. The zero-order valence-corrected chi connectivity index (χ0v) is 23.2. The van der Waals surface area contributed by atoms with Crippen molar-refractivity contribution >= 4 is 23.7 Å². The molecule has 0 bridgehead atoms. The zero-order chi connectivity index (χ0) is 27.7. The third-order valence-corrected chi connectivity index (χ3v) is 8.83. The highest BCUT2D eigenvalue weighted by Gasteiger charge is 2.46. The number of nitrogens with zero attached hydrogens (tertiary/aromatic N) is 2. The summed E-state index contributed by atoms with van der Waals surface area (Å²) in [5.74, 6) is 0.133. The molecule has 0 aliphatic heterocycles. The third-order valence-electron chi connectivity index (χ3n) is 8.59. The van der Waals surface area contributed by atoms with E-state index in [4.69, 9.17) is 11.6 Å². The molecule has 204 valence electrons. The number of aromatic nitrogens is 2. The van der Waals surface area contributed by atoms with Crippen molar-refractivity contribution in [3.05, 3.63) is 124 Å². The summed E-state index contributed by atoms with van der Waals surface area (Å²) in [4.78, 5) is 13.0. The zero-order valence-electron chi connectivity index (χ0n) is 22.4. The molecule has 1 fully saturated rings. The van der Waals surface area contributed by atoms with Gasteiger partial charge in [0.25, 0.3) is 0 Å². The van der Waals surface area contributed by atoms with Crippen LogP contribution in [-0.2, 0) is 13.0 Å². The average molecular weight is 555 g/mol. The van der Waals surface area contributed by atoms with E-state index in [9.17, 15) is 9.18 Å². The number of urea groups is 1. The number of benzene rings is 3. The highest BCUT2D eigenvalue weighted by atomic mass is 35.5. The fourth-order valence-corrected chi connectivity index (χ4v) is 6.60. The Bertz CT molecular complexity index is 1550. The van der Waals surface area contributed by atoms with Crippen LogP contribution in [0.1, 0.15) is 54.6 Å². The number of carbonyl (C=O) groups excluding carboxylic acids is 1. The lowest BCUT2D eigenvalue weighted by atomic mass is 9.68. The van der Waals surface area contributed by atoms with Crippen molar-refractivity contribution in [1.82, 2.24) is 20.4 Å². The number of nitrogens with one attached hydrogen (secondary N) is 2. The van der Waals surface area contributed by atoms with Crippen molar-refractivity contribution in [3.8, 4) is 5.69 Å². The molecule has 6 rings (SSSR count). The van der Waals surface area contributed by atoms with Crippen LogP contribution in [0.3, 0.4) is 0 Å². The molecule has 2 N–H and O–H groups in total. The average Bonchev–Trinajstić information content (AvgIpc) is 3.50. The first-order chi connectivity index (χ1) is 19.4. The van der Waals surface area contributed by atoms with Gasteiger partial charge in [0.2, 0.25) is 0 Å². The summed E-state index contributed by atoms with van der Waals surface area (Å²) in [7, 11) is 0. The number of halogens is 2. The largest absolute Gasteiger partial charge is 0.334 e. The lowest BCUT2D eigenvalue weighted by Gasteiger charge is -2.37. The molecule has 2 aliphatic carbocycles. The van der Waals surface area contributed by atoms with Gasteiger partial charge < -0.3 is 10.6 Å². The van der Waals surface area contributed by atoms with Gasteiger partial charge in [-0.15, -0.1) is 0 Å². The number of hydrogen-bond donors (Lipinski definition) is 2. The molecule has 3 atom stereocenters. The Morgan fingerprint density at radius 2 is 1.93 bits per heavy atom. The van der Waals surface area contributed by atoms with Crippen LogP contribution in [-0.4, -0.2) is 15.8 Å². The normalized spacial score (nSPS) is 20.3. The van der Waals surface area contributed by atoms with Gasteiger partial charge in [-0.1, -0.05) is 66.6 Å². The van der Waals surface area contributed by atoms with Gasteiger partial charge in [0, 0.05) is 11.6 Å². The first kappa shape index (κ1) is 26.3. The van der Waals surface area contributed by atoms with E-state index >= 15 is 0 Å². The van der Waals surface area contributed by atoms with Crippen LogP contribution < -0.4 is 10.6 Å². The van der Waals surface area contributed by atoms with Crippen LogP contribution >= 0.6 is 11.6 Å². The van der Waals surface area contributed by atoms with Crippen LogP contribution in [0, 0.1) is 17.2 Å². The summed E-state index contributed by atoms with van der Waals surface area (Å²) < 4.78 is 15.4. The van der Waals surface area contributed by atoms with Crippen LogP contribution in [0.4, 0.5) is 9.18 Å². The van der Waals surface area contributed by atoms with Crippen molar-refractivity contribution in [1.29, 1.82) is 0 Å². The number of amides is 2. The molecule has 40 heavy (non-hydrogen) atoms. The molecule has 3 unspecified atom stereocenters. The Balaban J connectivity index is 1.20. The maximum atomic E-state index is 13.5. The molecule has 1 saturated carbocycles. The van der Waals surface area contributed by atoms with E-state index in [1.54, 1.807) is 12.1 Å². The summed E-state index contributed by atoms with van der Waals surface area (Å²) in [6.45, 7) is 2.76. The summed E-state index contributed by atoms with van der Waals surface area (Å²) in [5, 5.41) is 11.6. The number of allylic oxidation sites excluding steroid dienone is 1. The van der Waals surface area contributed by atoms with Crippen molar-refractivity contribution < 1.29 is 9.18 Å². The van der Waals surface area contributed by atoms with Gasteiger partial charge in [-0.25, -0.2) is 13.9 Å². The highest BCUT2D eigenvalue weighted by Crippen LogP contribution is 2.55. The molecule has 1 aromatic heterocycles. The van der Waals surface area contributed by atoms with Crippen LogP contribution in [0.25, 0.3) is 11.8 Å². The van der Waals surface area contributed by atoms with Gasteiger partial charge in [-0.2, -0.15) is 5.10 Å². The molecule has 2 aliphatic rings. The molecule has 2 amide bonds. The van der Waals surface area contributed by atoms with Crippen LogP contribution in [0.2, 0.25) is 5.02 Å². The SMILES string of the molecule is CC12Cc3cnn(-c4ccc(F)cc4)c3C=C1CCC2CC(NC(=O)NCc1cccc(Cl)c1)c1ccccc1. The van der Waals surface area contributed by atoms with E-state index in [1.165, 1.54) is 23.3 Å². The third kappa shape index (κ3) is 5.28. The summed E-state index contributed by atoms with van der Waals surface area (Å²) in [6.07, 6.45) is 8.04. The quantitative estimate of drug-likeness (QED) is 0.246. The first-order valence-corrected chi connectivity index (χ1v) is 14.1. The van der Waals surface area contributed by atoms with Gasteiger partial charge in [-0.05, 0) is 96.2 Å². The lowest BCUT2D eigenvalue weighted by molar-refractivity contribution is 0.216. The minimum Gasteiger partial charge on any atom is -0.334 e. The molecular weight excluding hydrogens is 523 g/mol. The molecule has 0 radical (unpaired) electrons. The summed E-state index contributed by atoms with van der Waals surface area (Å²) in [5.41, 5.74) is 6.60.